The first-order chi connectivity index (χ1) is 10.7. The summed E-state index contributed by atoms with van der Waals surface area (Å²) in [6, 6.07) is 7.53. The van der Waals surface area contributed by atoms with E-state index in [4.69, 9.17) is 12.2 Å². The molecule has 0 aliphatic heterocycles. The number of carbonyl (C=O) groups is 2. The standard InChI is InChI=1S/C17H21BrN2O2S/c1-10(21)14-8-11(17(14,2)3)9-15(22)20-16(23)19-13-6-4-12(18)5-7-13/h4-7,11,14H,8-9H2,1-3H3,(H2,19,20,22,23)/t11-,14-/m0/s1. The highest BCUT2D eigenvalue weighted by Gasteiger charge is 2.50. The average Bonchev–Trinajstić information content (AvgIpc) is 2.45. The Kier molecular flexibility index (Phi) is 5.57. The average molecular weight is 397 g/mol. The van der Waals surface area contributed by atoms with Gasteiger partial charge in [-0.15, -0.1) is 0 Å². The molecule has 0 aromatic heterocycles. The molecule has 0 spiro atoms. The predicted octanol–water partition coefficient (Wildman–Crippen LogP) is 3.90. The van der Waals surface area contributed by atoms with Crippen molar-refractivity contribution in [2.75, 3.05) is 5.32 Å². The van der Waals surface area contributed by atoms with Crippen LogP contribution >= 0.6 is 28.1 Å². The van der Waals surface area contributed by atoms with Crippen LogP contribution < -0.4 is 10.6 Å². The van der Waals surface area contributed by atoms with Crippen LogP contribution in [-0.2, 0) is 9.59 Å². The van der Waals surface area contributed by atoms with Crippen LogP contribution in [0.25, 0.3) is 0 Å². The molecule has 2 rings (SSSR count). The van der Waals surface area contributed by atoms with Gasteiger partial charge in [-0.05, 0) is 61.2 Å². The van der Waals surface area contributed by atoms with E-state index in [9.17, 15) is 9.59 Å². The molecule has 1 amide bonds. The maximum Gasteiger partial charge on any atom is 0.226 e. The van der Waals surface area contributed by atoms with Crippen LogP contribution in [0.3, 0.4) is 0 Å². The van der Waals surface area contributed by atoms with E-state index in [2.05, 4.69) is 40.4 Å². The Morgan fingerprint density at radius 2 is 1.91 bits per heavy atom. The first-order valence-corrected chi connectivity index (χ1v) is 8.77. The fourth-order valence-corrected chi connectivity index (χ4v) is 3.65. The van der Waals surface area contributed by atoms with Gasteiger partial charge in [0.05, 0.1) is 0 Å². The number of rotatable bonds is 4. The summed E-state index contributed by atoms with van der Waals surface area (Å²) < 4.78 is 0.977. The number of benzene rings is 1. The lowest BCUT2D eigenvalue weighted by Gasteiger charge is -2.51. The molecule has 0 unspecified atom stereocenters. The molecule has 1 fully saturated rings. The summed E-state index contributed by atoms with van der Waals surface area (Å²) >= 11 is 8.53. The number of carbonyl (C=O) groups excluding carboxylic acids is 2. The second kappa shape index (κ2) is 7.09. The lowest BCUT2D eigenvalue weighted by molar-refractivity contribution is -0.140. The van der Waals surface area contributed by atoms with Crippen molar-refractivity contribution in [3.8, 4) is 0 Å². The molecule has 2 N–H and O–H groups in total. The Bertz CT molecular complexity index is 628. The van der Waals surface area contributed by atoms with Gasteiger partial charge >= 0.3 is 0 Å². The van der Waals surface area contributed by atoms with Crippen LogP contribution in [0.2, 0.25) is 0 Å². The highest BCUT2D eigenvalue weighted by Crippen LogP contribution is 2.53. The number of amides is 1. The molecule has 124 valence electrons. The van der Waals surface area contributed by atoms with Crippen molar-refractivity contribution < 1.29 is 9.59 Å². The van der Waals surface area contributed by atoms with Gasteiger partial charge in [0.2, 0.25) is 5.91 Å². The van der Waals surface area contributed by atoms with Gasteiger partial charge in [-0.1, -0.05) is 29.8 Å². The van der Waals surface area contributed by atoms with Crippen molar-refractivity contribution in [1.29, 1.82) is 0 Å². The van der Waals surface area contributed by atoms with E-state index in [1.165, 1.54) is 0 Å². The third-order valence-corrected chi connectivity index (χ3v) is 5.48. The summed E-state index contributed by atoms with van der Waals surface area (Å²) in [6.45, 7) is 5.73. The smallest absolute Gasteiger partial charge is 0.226 e. The Hall–Kier alpha value is -1.27. The van der Waals surface area contributed by atoms with Crippen molar-refractivity contribution in [3.05, 3.63) is 28.7 Å². The summed E-state index contributed by atoms with van der Waals surface area (Å²) in [6.07, 6.45) is 1.17. The topological polar surface area (TPSA) is 58.2 Å². The first kappa shape index (κ1) is 18.1. The highest BCUT2D eigenvalue weighted by atomic mass is 79.9. The number of halogens is 1. The molecule has 0 bridgehead atoms. The molecule has 1 saturated carbocycles. The summed E-state index contributed by atoms with van der Waals surface area (Å²) in [4.78, 5) is 23.7. The number of nitrogens with one attached hydrogen (secondary N) is 2. The molecule has 6 heteroatoms. The molecule has 23 heavy (non-hydrogen) atoms. The van der Waals surface area contributed by atoms with E-state index in [-0.39, 0.29) is 34.1 Å². The van der Waals surface area contributed by atoms with Crippen LogP contribution in [0.4, 0.5) is 5.69 Å². The highest BCUT2D eigenvalue weighted by molar-refractivity contribution is 9.10. The zero-order chi connectivity index (χ0) is 17.2. The van der Waals surface area contributed by atoms with Gasteiger partial charge in [-0.25, -0.2) is 0 Å². The zero-order valence-corrected chi connectivity index (χ0v) is 15.9. The van der Waals surface area contributed by atoms with Crippen molar-refractivity contribution in [2.24, 2.45) is 17.3 Å². The number of hydrogen-bond acceptors (Lipinski definition) is 3. The lowest BCUT2D eigenvalue weighted by atomic mass is 9.52. The van der Waals surface area contributed by atoms with Gasteiger partial charge in [0.25, 0.3) is 0 Å². The fraction of sp³-hybridized carbons (Fsp3) is 0.471. The van der Waals surface area contributed by atoms with Gasteiger partial charge in [0, 0.05) is 22.5 Å². The number of ketones is 1. The first-order valence-electron chi connectivity index (χ1n) is 7.57. The number of Topliss-reactive ketones (excluding diaryl/α,β-unsaturated/α-hetero) is 1. The molecular weight excluding hydrogens is 376 g/mol. The molecule has 0 heterocycles. The van der Waals surface area contributed by atoms with Crippen molar-refractivity contribution >= 4 is 50.6 Å². The number of anilines is 1. The fourth-order valence-electron chi connectivity index (χ4n) is 3.15. The van der Waals surface area contributed by atoms with Gasteiger partial charge in [0.1, 0.15) is 5.78 Å². The lowest BCUT2D eigenvalue weighted by Crippen LogP contribution is -2.50. The quantitative estimate of drug-likeness (QED) is 0.757. The van der Waals surface area contributed by atoms with Crippen LogP contribution in [-0.4, -0.2) is 16.8 Å². The largest absolute Gasteiger partial charge is 0.332 e. The molecular formula is C17H21BrN2O2S. The zero-order valence-electron chi connectivity index (χ0n) is 13.5. The van der Waals surface area contributed by atoms with Gasteiger partial charge in [0.15, 0.2) is 5.11 Å². The van der Waals surface area contributed by atoms with E-state index < -0.39 is 0 Å². The van der Waals surface area contributed by atoms with E-state index >= 15 is 0 Å². The maximum absolute atomic E-state index is 12.1. The van der Waals surface area contributed by atoms with E-state index in [1.807, 2.05) is 24.3 Å². The van der Waals surface area contributed by atoms with Crippen molar-refractivity contribution in [3.63, 3.8) is 0 Å². The summed E-state index contributed by atoms with van der Waals surface area (Å²) in [5, 5.41) is 5.98. The van der Waals surface area contributed by atoms with Crippen LogP contribution in [0.1, 0.15) is 33.6 Å². The molecule has 1 aliphatic rings. The summed E-state index contributed by atoms with van der Waals surface area (Å²) in [5.74, 6) is 0.374. The SMILES string of the molecule is CC(=O)[C@@H]1C[C@@H](CC(=O)NC(=S)Nc2ccc(Br)cc2)C1(C)C. The number of thiocarbonyl (C=S) groups is 1. The van der Waals surface area contributed by atoms with Gasteiger partial charge in [-0.2, -0.15) is 0 Å². The Morgan fingerprint density at radius 3 is 2.43 bits per heavy atom. The molecule has 1 aliphatic carbocycles. The predicted molar refractivity (Wildman–Crippen MR) is 99.2 cm³/mol. The van der Waals surface area contributed by atoms with Crippen LogP contribution in [0.5, 0.6) is 0 Å². The maximum atomic E-state index is 12.1. The normalized spacial score (nSPS) is 21.9. The third kappa shape index (κ3) is 4.38. The van der Waals surface area contributed by atoms with Crippen molar-refractivity contribution in [2.45, 2.75) is 33.6 Å². The Balaban J connectivity index is 1.82. The summed E-state index contributed by atoms with van der Waals surface area (Å²) in [5.41, 5.74) is 0.698. The molecule has 0 radical (unpaired) electrons. The van der Waals surface area contributed by atoms with E-state index in [1.54, 1.807) is 6.92 Å². The molecule has 1 aromatic rings. The minimum atomic E-state index is -0.121. The third-order valence-electron chi connectivity index (χ3n) is 4.75. The second-order valence-corrected chi connectivity index (χ2v) is 7.95. The Labute approximate surface area is 150 Å². The monoisotopic (exact) mass is 396 g/mol. The molecule has 2 atom stereocenters. The van der Waals surface area contributed by atoms with E-state index in [0.717, 1.165) is 16.6 Å². The van der Waals surface area contributed by atoms with Gasteiger partial charge in [-0.3, -0.25) is 9.59 Å². The molecule has 1 aromatic carbocycles. The van der Waals surface area contributed by atoms with Crippen LogP contribution in [0.15, 0.2) is 28.7 Å². The minimum Gasteiger partial charge on any atom is -0.332 e. The Morgan fingerprint density at radius 1 is 1.30 bits per heavy atom. The molecule has 4 nitrogen and oxygen atoms in total. The van der Waals surface area contributed by atoms with Crippen molar-refractivity contribution in [1.82, 2.24) is 5.32 Å². The second-order valence-electron chi connectivity index (χ2n) is 6.63. The molecule has 0 saturated heterocycles. The van der Waals surface area contributed by atoms with E-state index in [0.29, 0.717) is 6.42 Å². The minimum absolute atomic E-state index is 0.0631. The summed E-state index contributed by atoms with van der Waals surface area (Å²) in [7, 11) is 0. The number of hydrogen-bond donors (Lipinski definition) is 2. The van der Waals surface area contributed by atoms with Gasteiger partial charge < -0.3 is 10.6 Å². The van der Waals surface area contributed by atoms with Crippen LogP contribution in [0, 0.1) is 17.3 Å².